The zero-order valence-electron chi connectivity index (χ0n) is 12.3. The quantitative estimate of drug-likeness (QED) is 0.716. The molecule has 1 unspecified atom stereocenters. The molecule has 1 atom stereocenters. The van der Waals surface area contributed by atoms with E-state index >= 15 is 0 Å². The van der Waals surface area contributed by atoms with Crippen molar-refractivity contribution in [2.75, 3.05) is 5.32 Å². The maximum atomic E-state index is 12.4. The first-order valence-corrected chi connectivity index (χ1v) is 9.58. The van der Waals surface area contributed by atoms with Gasteiger partial charge in [0.2, 0.25) is 26.1 Å². The van der Waals surface area contributed by atoms with Crippen LogP contribution in [0.5, 0.6) is 0 Å². The second kappa shape index (κ2) is 7.35. The molecule has 25 heavy (non-hydrogen) atoms. The van der Waals surface area contributed by atoms with E-state index in [1.54, 1.807) is 0 Å². The monoisotopic (exact) mass is 458 g/mol. The Bertz CT molecular complexity index is 868. The van der Waals surface area contributed by atoms with Crippen molar-refractivity contribution in [3.8, 4) is 0 Å². The van der Waals surface area contributed by atoms with Gasteiger partial charge in [0.15, 0.2) is 0 Å². The molecule has 2 rings (SSSR count). The fourth-order valence-corrected chi connectivity index (χ4v) is 3.65. The summed E-state index contributed by atoms with van der Waals surface area (Å²) in [6.45, 7) is 1.25. The number of sulfonamides is 1. The number of rotatable bonds is 5. The number of halogens is 4. The molecule has 136 valence electrons. The Morgan fingerprint density at radius 3 is 2.36 bits per heavy atom. The van der Waals surface area contributed by atoms with Crippen LogP contribution in [0.4, 0.5) is 18.3 Å². The summed E-state index contributed by atoms with van der Waals surface area (Å²) < 4.78 is 64.4. The number of benzene rings is 1. The maximum absolute atomic E-state index is 12.4. The van der Waals surface area contributed by atoms with E-state index in [0.29, 0.717) is 4.47 Å². The average Bonchev–Trinajstić information content (AvgIpc) is 2.95. The molecule has 1 heterocycles. The van der Waals surface area contributed by atoms with Crippen molar-refractivity contribution in [2.45, 2.75) is 24.0 Å². The standard InChI is InChI=1S/C12H10BrF3N4O3S2/c1-6(20-25(22,23)8-4-2-7(13)3-5-8)9(21)17-11-19-18-10(24-11)12(14,15)16/h2-6,20H,1H3,(H,17,19,21). The summed E-state index contributed by atoms with van der Waals surface area (Å²) in [4.78, 5) is 11.9. The van der Waals surface area contributed by atoms with Crippen LogP contribution >= 0.6 is 27.3 Å². The number of nitrogens with zero attached hydrogens (tertiary/aromatic N) is 2. The van der Waals surface area contributed by atoms with Crippen molar-refractivity contribution in [3.05, 3.63) is 33.7 Å². The van der Waals surface area contributed by atoms with Crippen LogP contribution < -0.4 is 10.0 Å². The molecule has 0 aliphatic carbocycles. The minimum atomic E-state index is -4.67. The number of aromatic nitrogens is 2. The number of carbonyl (C=O) groups excluding carboxylic acids is 1. The topological polar surface area (TPSA) is 101 Å². The number of hydrogen-bond donors (Lipinski definition) is 2. The number of carbonyl (C=O) groups is 1. The Kier molecular flexibility index (Phi) is 5.81. The highest BCUT2D eigenvalue weighted by Gasteiger charge is 2.36. The Morgan fingerprint density at radius 2 is 1.84 bits per heavy atom. The van der Waals surface area contributed by atoms with Gasteiger partial charge in [-0.15, -0.1) is 10.2 Å². The lowest BCUT2D eigenvalue weighted by atomic mass is 10.3. The molecule has 0 aliphatic rings. The van der Waals surface area contributed by atoms with E-state index in [2.05, 4.69) is 36.2 Å². The van der Waals surface area contributed by atoms with Gasteiger partial charge in [-0.05, 0) is 31.2 Å². The maximum Gasteiger partial charge on any atom is 0.445 e. The van der Waals surface area contributed by atoms with E-state index in [9.17, 15) is 26.4 Å². The third kappa shape index (κ3) is 5.20. The van der Waals surface area contributed by atoms with Crippen LogP contribution in [-0.4, -0.2) is 30.6 Å². The van der Waals surface area contributed by atoms with Crippen molar-refractivity contribution in [1.29, 1.82) is 0 Å². The fraction of sp³-hybridized carbons (Fsp3) is 0.250. The lowest BCUT2D eigenvalue weighted by molar-refractivity contribution is -0.138. The molecule has 13 heteroatoms. The van der Waals surface area contributed by atoms with Crippen LogP contribution in [0.2, 0.25) is 0 Å². The van der Waals surface area contributed by atoms with Gasteiger partial charge in [0.05, 0.1) is 10.9 Å². The van der Waals surface area contributed by atoms with Gasteiger partial charge in [-0.25, -0.2) is 8.42 Å². The van der Waals surface area contributed by atoms with Crippen LogP contribution in [-0.2, 0) is 21.0 Å². The van der Waals surface area contributed by atoms with Gasteiger partial charge in [-0.2, -0.15) is 17.9 Å². The van der Waals surface area contributed by atoms with E-state index in [4.69, 9.17) is 0 Å². The van der Waals surface area contributed by atoms with E-state index < -0.39 is 33.2 Å². The zero-order chi connectivity index (χ0) is 18.8. The van der Waals surface area contributed by atoms with Gasteiger partial charge in [-0.3, -0.25) is 10.1 Å². The third-order valence-corrected chi connectivity index (χ3v) is 5.72. The lowest BCUT2D eigenvalue weighted by Gasteiger charge is -2.13. The molecule has 2 N–H and O–H groups in total. The summed E-state index contributed by atoms with van der Waals surface area (Å²) >= 11 is 3.31. The molecule has 0 aliphatic heterocycles. The summed E-state index contributed by atoms with van der Waals surface area (Å²) in [5.41, 5.74) is 0. The number of amides is 1. The van der Waals surface area contributed by atoms with Crippen molar-refractivity contribution >= 4 is 48.3 Å². The highest BCUT2D eigenvalue weighted by atomic mass is 79.9. The smallest absolute Gasteiger partial charge is 0.299 e. The molecule has 0 radical (unpaired) electrons. The first-order valence-electron chi connectivity index (χ1n) is 6.48. The second-order valence-corrected chi connectivity index (χ2v) is 8.30. The molecule has 0 fully saturated rings. The minimum Gasteiger partial charge on any atom is -0.299 e. The molecule has 0 bridgehead atoms. The van der Waals surface area contributed by atoms with E-state index in [1.165, 1.54) is 31.2 Å². The predicted octanol–water partition coefficient (Wildman–Crippen LogP) is 2.62. The largest absolute Gasteiger partial charge is 0.445 e. The molecule has 0 saturated heterocycles. The lowest BCUT2D eigenvalue weighted by Crippen LogP contribution is -2.41. The Labute approximate surface area is 152 Å². The minimum absolute atomic E-state index is 0.0642. The third-order valence-electron chi connectivity index (χ3n) is 2.75. The fourth-order valence-electron chi connectivity index (χ4n) is 1.57. The Morgan fingerprint density at radius 1 is 1.24 bits per heavy atom. The van der Waals surface area contributed by atoms with Crippen LogP contribution in [0.15, 0.2) is 33.6 Å². The van der Waals surface area contributed by atoms with E-state index in [1.807, 2.05) is 0 Å². The first kappa shape index (κ1) is 19.8. The molecule has 2 aromatic rings. The molecule has 0 spiro atoms. The van der Waals surface area contributed by atoms with Crippen molar-refractivity contribution in [2.24, 2.45) is 0 Å². The van der Waals surface area contributed by atoms with Crippen LogP contribution in [0, 0.1) is 0 Å². The number of anilines is 1. The highest BCUT2D eigenvalue weighted by Crippen LogP contribution is 2.33. The molecular weight excluding hydrogens is 449 g/mol. The molecule has 7 nitrogen and oxygen atoms in total. The molecule has 0 saturated carbocycles. The SMILES string of the molecule is CC(NS(=O)(=O)c1ccc(Br)cc1)C(=O)Nc1nnc(C(F)(F)F)s1. The summed E-state index contributed by atoms with van der Waals surface area (Å²) in [5, 5.41) is 6.61. The van der Waals surface area contributed by atoms with Crippen molar-refractivity contribution < 1.29 is 26.4 Å². The molecule has 1 amide bonds. The highest BCUT2D eigenvalue weighted by molar-refractivity contribution is 9.10. The normalized spacial score (nSPS) is 13.5. The second-order valence-electron chi connectivity index (χ2n) is 4.70. The predicted molar refractivity (Wildman–Crippen MR) is 87.5 cm³/mol. The average molecular weight is 459 g/mol. The summed E-state index contributed by atoms with van der Waals surface area (Å²) in [5.74, 6) is -0.870. The van der Waals surface area contributed by atoms with Gasteiger partial charge < -0.3 is 0 Å². The Balaban J connectivity index is 2.05. The van der Waals surface area contributed by atoms with E-state index in [0.717, 1.165) is 0 Å². The van der Waals surface area contributed by atoms with Crippen LogP contribution in [0.1, 0.15) is 11.9 Å². The zero-order valence-corrected chi connectivity index (χ0v) is 15.6. The summed E-state index contributed by atoms with van der Waals surface area (Å²) in [6.07, 6.45) is -4.67. The van der Waals surface area contributed by atoms with Gasteiger partial charge in [0.25, 0.3) is 0 Å². The van der Waals surface area contributed by atoms with Gasteiger partial charge in [-0.1, -0.05) is 27.3 Å². The van der Waals surface area contributed by atoms with Crippen molar-refractivity contribution in [1.82, 2.24) is 14.9 Å². The first-order chi connectivity index (χ1) is 11.5. The molecule has 1 aromatic carbocycles. The summed E-state index contributed by atoms with van der Waals surface area (Å²) in [6, 6.07) is 4.44. The molecule has 1 aromatic heterocycles. The van der Waals surface area contributed by atoms with Gasteiger partial charge in [0, 0.05) is 4.47 Å². The van der Waals surface area contributed by atoms with Crippen LogP contribution in [0.25, 0.3) is 0 Å². The van der Waals surface area contributed by atoms with Crippen LogP contribution in [0.3, 0.4) is 0 Å². The molecular formula is C12H10BrF3N4O3S2. The summed E-state index contributed by atoms with van der Waals surface area (Å²) in [7, 11) is -3.98. The van der Waals surface area contributed by atoms with Crippen molar-refractivity contribution in [3.63, 3.8) is 0 Å². The number of nitrogens with one attached hydrogen (secondary N) is 2. The van der Waals surface area contributed by atoms with E-state index in [-0.39, 0.29) is 21.4 Å². The number of hydrogen-bond acceptors (Lipinski definition) is 6. The number of alkyl halides is 3. The van der Waals surface area contributed by atoms with Gasteiger partial charge >= 0.3 is 6.18 Å². The van der Waals surface area contributed by atoms with Gasteiger partial charge in [0.1, 0.15) is 0 Å². The Hall–Kier alpha value is -1.57.